The second kappa shape index (κ2) is 8.05. The molecule has 0 spiro atoms. The Balaban J connectivity index is 1.70. The zero-order chi connectivity index (χ0) is 19.3. The Morgan fingerprint density at radius 1 is 0.929 bits per heavy atom. The fraction of sp³-hybridized carbons (Fsp3) is 0.120. The smallest absolute Gasteiger partial charge is 0.227 e. The Labute approximate surface area is 165 Å². The summed E-state index contributed by atoms with van der Waals surface area (Å²) in [7, 11) is 0. The van der Waals surface area contributed by atoms with Crippen molar-refractivity contribution in [1.82, 2.24) is 0 Å². The summed E-state index contributed by atoms with van der Waals surface area (Å²) in [5.41, 5.74) is 5.87. The number of nitrogens with zero attached hydrogens (tertiary/aromatic N) is 2. The molecular formula is C25H23N2O+. The van der Waals surface area contributed by atoms with Crippen molar-refractivity contribution in [3.8, 4) is 0 Å². The summed E-state index contributed by atoms with van der Waals surface area (Å²) in [4.78, 5) is 13.9. The van der Waals surface area contributed by atoms with Crippen molar-refractivity contribution in [2.45, 2.75) is 19.9 Å². The maximum Gasteiger partial charge on any atom is 0.227 e. The van der Waals surface area contributed by atoms with Crippen LogP contribution in [0.15, 0.2) is 97.2 Å². The topological polar surface area (TPSA) is 23.3 Å². The van der Waals surface area contributed by atoms with Crippen LogP contribution in [0.5, 0.6) is 0 Å². The summed E-state index contributed by atoms with van der Waals surface area (Å²) in [6.07, 6.45) is 4.81. The molecule has 3 heteroatoms. The first-order valence-corrected chi connectivity index (χ1v) is 9.50. The average molecular weight is 367 g/mol. The molecule has 3 aromatic rings. The van der Waals surface area contributed by atoms with Crippen LogP contribution in [0.1, 0.15) is 18.1 Å². The van der Waals surface area contributed by atoms with Crippen molar-refractivity contribution in [2.24, 2.45) is 0 Å². The van der Waals surface area contributed by atoms with Gasteiger partial charge in [-0.25, -0.2) is 0 Å². The summed E-state index contributed by atoms with van der Waals surface area (Å²) in [5, 5.41) is 0. The van der Waals surface area contributed by atoms with E-state index < -0.39 is 0 Å². The molecule has 0 aromatic heterocycles. The molecule has 28 heavy (non-hydrogen) atoms. The van der Waals surface area contributed by atoms with Gasteiger partial charge < -0.3 is 0 Å². The third-order valence-electron chi connectivity index (χ3n) is 4.97. The van der Waals surface area contributed by atoms with Crippen molar-refractivity contribution < 1.29 is 9.37 Å². The van der Waals surface area contributed by atoms with Crippen LogP contribution in [0, 0.1) is 0 Å². The number of carbonyl (C=O) groups excluding carboxylic acids is 1. The van der Waals surface area contributed by atoms with Gasteiger partial charge in [0.1, 0.15) is 0 Å². The summed E-state index contributed by atoms with van der Waals surface area (Å²) in [6, 6.07) is 28.7. The number of fused-ring (bicyclic) bond motifs is 1. The molecule has 0 atom stereocenters. The summed E-state index contributed by atoms with van der Waals surface area (Å²) in [6.45, 7) is 2.40. The predicted octanol–water partition coefficient (Wildman–Crippen LogP) is 5.09. The van der Waals surface area contributed by atoms with Gasteiger partial charge in [0.2, 0.25) is 11.6 Å². The number of rotatable bonds is 5. The highest BCUT2D eigenvalue weighted by Gasteiger charge is 2.28. The van der Waals surface area contributed by atoms with Gasteiger partial charge in [-0.3, -0.25) is 9.69 Å². The van der Waals surface area contributed by atoms with E-state index in [0.717, 1.165) is 18.7 Å². The Morgan fingerprint density at radius 3 is 2.29 bits per heavy atom. The molecule has 0 N–H and O–H groups in total. The van der Waals surface area contributed by atoms with Crippen LogP contribution in [0.2, 0.25) is 0 Å². The standard InChI is InChI=1S/C25H23N2O/c1-20(28)26(23-13-6-3-7-14-23)17-16-24-18-22-12-8-9-15-25(22)27(24)19-21-10-4-2-5-11-21/h2-17H,18-19H2,1H3/q+1. The van der Waals surface area contributed by atoms with Crippen LogP contribution in [0.4, 0.5) is 11.4 Å². The van der Waals surface area contributed by atoms with Crippen LogP contribution in [0.3, 0.4) is 0 Å². The molecule has 4 rings (SSSR count). The van der Waals surface area contributed by atoms with E-state index in [4.69, 9.17) is 0 Å². The third-order valence-corrected chi connectivity index (χ3v) is 4.97. The number of carbonyl (C=O) groups is 1. The Kier molecular flexibility index (Phi) is 5.16. The Morgan fingerprint density at radius 2 is 1.57 bits per heavy atom. The second-order valence-corrected chi connectivity index (χ2v) is 6.91. The lowest BCUT2D eigenvalue weighted by molar-refractivity contribution is -0.454. The van der Waals surface area contributed by atoms with Gasteiger partial charge >= 0.3 is 0 Å². The van der Waals surface area contributed by atoms with Gasteiger partial charge in [-0.05, 0) is 12.1 Å². The lowest BCUT2D eigenvalue weighted by atomic mass is 10.1. The van der Waals surface area contributed by atoms with Crippen LogP contribution in [-0.4, -0.2) is 16.2 Å². The molecule has 0 saturated heterocycles. The third kappa shape index (κ3) is 3.79. The number of para-hydroxylation sites is 2. The van der Waals surface area contributed by atoms with Gasteiger partial charge in [-0.1, -0.05) is 66.7 Å². The molecule has 0 radical (unpaired) electrons. The van der Waals surface area contributed by atoms with Crippen molar-refractivity contribution >= 4 is 23.0 Å². The van der Waals surface area contributed by atoms with Crippen LogP contribution in [0.25, 0.3) is 0 Å². The van der Waals surface area contributed by atoms with Crippen LogP contribution < -0.4 is 4.90 Å². The van der Waals surface area contributed by atoms with Crippen LogP contribution in [-0.2, 0) is 17.8 Å². The molecule has 0 unspecified atom stereocenters. The lowest BCUT2D eigenvalue weighted by Gasteiger charge is -2.15. The SMILES string of the molecule is CC(=O)N(/C=C/C1=[N+](Cc2ccccc2)c2ccccc2C1)c1ccccc1. The highest BCUT2D eigenvalue weighted by Crippen LogP contribution is 2.28. The number of hydrogen-bond acceptors (Lipinski definition) is 1. The van der Waals surface area contributed by atoms with Crippen LogP contribution >= 0.6 is 0 Å². The minimum Gasteiger partial charge on any atom is -0.288 e. The molecular weight excluding hydrogens is 344 g/mol. The number of amides is 1. The Bertz CT molecular complexity index is 1040. The zero-order valence-electron chi connectivity index (χ0n) is 16.0. The molecule has 1 aliphatic rings. The maximum atomic E-state index is 12.2. The fourth-order valence-corrected chi connectivity index (χ4v) is 3.59. The molecule has 138 valence electrons. The zero-order valence-corrected chi connectivity index (χ0v) is 16.0. The van der Waals surface area contributed by atoms with E-state index in [0.29, 0.717) is 0 Å². The van der Waals surface area contributed by atoms with Gasteiger partial charge in [0, 0.05) is 42.1 Å². The summed E-state index contributed by atoms with van der Waals surface area (Å²) >= 11 is 0. The molecule has 1 heterocycles. The molecule has 1 aliphatic heterocycles. The number of allylic oxidation sites excluding steroid dienone is 1. The van der Waals surface area contributed by atoms with Gasteiger partial charge in [0.05, 0.1) is 6.42 Å². The number of benzene rings is 3. The van der Waals surface area contributed by atoms with E-state index in [-0.39, 0.29) is 5.91 Å². The van der Waals surface area contributed by atoms with Crippen molar-refractivity contribution in [2.75, 3.05) is 4.90 Å². The molecule has 3 nitrogen and oxygen atoms in total. The minimum atomic E-state index is -0.00632. The van der Waals surface area contributed by atoms with Crippen molar-refractivity contribution in [3.05, 3.63) is 108 Å². The van der Waals surface area contributed by atoms with Crippen molar-refractivity contribution in [3.63, 3.8) is 0 Å². The quantitative estimate of drug-likeness (QED) is 0.576. The molecule has 3 aromatic carbocycles. The molecule has 1 amide bonds. The average Bonchev–Trinajstić information content (AvgIpc) is 3.07. The van der Waals surface area contributed by atoms with E-state index in [2.05, 4.69) is 59.2 Å². The first-order valence-electron chi connectivity index (χ1n) is 9.50. The molecule has 0 saturated carbocycles. The van der Waals surface area contributed by atoms with E-state index in [1.807, 2.05) is 42.6 Å². The summed E-state index contributed by atoms with van der Waals surface area (Å²) in [5.74, 6) is -0.00632. The second-order valence-electron chi connectivity index (χ2n) is 6.91. The molecule has 0 fully saturated rings. The van der Waals surface area contributed by atoms with Gasteiger partial charge in [0.15, 0.2) is 12.3 Å². The van der Waals surface area contributed by atoms with Crippen molar-refractivity contribution in [1.29, 1.82) is 0 Å². The predicted molar refractivity (Wildman–Crippen MR) is 114 cm³/mol. The number of anilines is 1. The fourth-order valence-electron chi connectivity index (χ4n) is 3.59. The van der Waals surface area contributed by atoms with E-state index >= 15 is 0 Å². The highest BCUT2D eigenvalue weighted by molar-refractivity contribution is 5.99. The molecule has 0 aliphatic carbocycles. The number of hydrogen-bond donors (Lipinski definition) is 0. The normalized spacial score (nSPS) is 13.0. The van der Waals surface area contributed by atoms with E-state index in [9.17, 15) is 4.79 Å². The van der Waals surface area contributed by atoms with E-state index in [1.54, 1.807) is 11.8 Å². The lowest BCUT2D eigenvalue weighted by Crippen LogP contribution is -2.22. The van der Waals surface area contributed by atoms with Gasteiger partial charge in [-0.2, -0.15) is 4.58 Å². The Hall–Kier alpha value is -3.46. The van der Waals surface area contributed by atoms with E-state index in [1.165, 1.54) is 22.5 Å². The summed E-state index contributed by atoms with van der Waals surface area (Å²) < 4.78 is 2.34. The van der Waals surface area contributed by atoms with Gasteiger partial charge in [-0.15, -0.1) is 0 Å². The first kappa shape index (κ1) is 17.9. The maximum absolute atomic E-state index is 12.2. The monoisotopic (exact) mass is 367 g/mol. The molecule has 0 bridgehead atoms. The largest absolute Gasteiger partial charge is 0.288 e. The highest BCUT2D eigenvalue weighted by atomic mass is 16.2. The first-order chi connectivity index (χ1) is 13.7. The minimum absolute atomic E-state index is 0.00632. The van der Waals surface area contributed by atoms with Gasteiger partial charge in [0.25, 0.3) is 0 Å².